The Bertz CT molecular complexity index is 991. The minimum atomic E-state index is -1.36. The maximum atomic E-state index is 14.8. The first-order chi connectivity index (χ1) is 15.9. The molecule has 0 bridgehead atoms. The fraction of sp³-hybridized carbons (Fsp3) is 0.381. The van der Waals surface area contributed by atoms with E-state index in [0.717, 1.165) is 5.71 Å². The Morgan fingerprint density at radius 2 is 1.94 bits per heavy atom. The van der Waals surface area contributed by atoms with Crippen molar-refractivity contribution in [2.75, 3.05) is 31.2 Å². The Morgan fingerprint density at radius 1 is 1.21 bits per heavy atom. The molecule has 176 valence electrons. The second-order valence-corrected chi connectivity index (χ2v) is 7.06. The lowest BCUT2D eigenvalue weighted by molar-refractivity contribution is -0.142. The third kappa shape index (κ3) is 7.10. The van der Waals surface area contributed by atoms with Gasteiger partial charge in [-0.1, -0.05) is 23.4 Å². The van der Waals surface area contributed by atoms with E-state index in [1.807, 2.05) is 4.90 Å². The van der Waals surface area contributed by atoms with Crippen LogP contribution in [0.3, 0.4) is 0 Å². The van der Waals surface area contributed by atoms with Crippen molar-refractivity contribution in [3.63, 3.8) is 0 Å². The van der Waals surface area contributed by atoms with Gasteiger partial charge in [0, 0.05) is 61.9 Å². The lowest BCUT2D eigenvalue weighted by atomic mass is 10.1. The largest absolute Gasteiger partial charge is 0.464 e. The van der Waals surface area contributed by atoms with E-state index < -0.39 is 11.9 Å². The van der Waals surface area contributed by atoms with Crippen molar-refractivity contribution in [1.29, 1.82) is 0 Å². The molecule has 1 aromatic carbocycles. The van der Waals surface area contributed by atoms with Crippen LogP contribution in [0.1, 0.15) is 25.3 Å². The highest BCUT2D eigenvalue weighted by Gasteiger charge is 2.19. The highest BCUT2D eigenvalue weighted by atomic mass is 19.1. The van der Waals surface area contributed by atoms with E-state index in [1.165, 1.54) is 13.0 Å². The number of nitrogens with one attached hydrogen (secondary N) is 1. The van der Waals surface area contributed by atoms with Crippen LogP contribution in [0.15, 0.2) is 35.7 Å². The van der Waals surface area contributed by atoms with Gasteiger partial charge in [0.2, 0.25) is 5.95 Å². The molecule has 1 fully saturated rings. The summed E-state index contributed by atoms with van der Waals surface area (Å²) in [4.78, 5) is 41.8. The molecule has 12 heteroatoms. The van der Waals surface area contributed by atoms with Crippen LogP contribution in [0.2, 0.25) is 0 Å². The van der Waals surface area contributed by atoms with E-state index in [1.54, 1.807) is 30.0 Å². The molecule has 0 saturated carbocycles. The molecule has 0 aliphatic carbocycles. The highest BCUT2D eigenvalue weighted by Crippen LogP contribution is 2.25. The average Bonchev–Trinajstić information content (AvgIpc) is 2.80. The fourth-order valence-corrected chi connectivity index (χ4v) is 3.13. The number of amides is 1. The van der Waals surface area contributed by atoms with Gasteiger partial charge in [0.15, 0.2) is 6.61 Å². The first-order valence-electron chi connectivity index (χ1n) is 10.2. The topological polar surface area (TPSA) is 135 Å². The number of rotatable bonds is 9. The highest BCUT2D eigenvalue weighted by molar-refractivity contribution is 5.86. The normalized spacial score (nSPS) is 13.4. The number of halogens is 1. The van der Waals surface area contributed by atoms with Crippen molar-refractivity contribution in [3.05, 3.63) is 42.0 Å². The maximum Gasteiger partial charge on any atom is 0.428 e. The summed E-state index contributed by atoms with van der Waals surface area (Å²) in [7, 11) is 0. The summed E-state index contributed by atoms with van der Waals surface area (Å²) in [5.74, 6) is -0.365. The monoisotopic (exact) mass is 461 g/mol. The van der Waals surface area contributed by atoms with Crippen LogP contribution in [0, 0.1) is 5.82 Å². The molecule has 1 amide bonds. The van der Waals surface area contributed by atoms with Crippen molar-refractivity contribution >= 4 is 23.7 Å². The van der Waals surface area contributed by atoms with Crippen molar-refractivity contribution < 1.29 is 33.5 Å². The number of carbonyl (C=O) groups excluding carboxylic acids is 1. The molecular weight excluding hydrogens is 437 g/mol. The van der Waals surface area contributed by atoms with Crippen LogP contribution in [0.4, 0.5) is 15.1 Å². The predicted molar refractivity (Wildman–Crippen MR) is 115 cm³/mol. The third-order valence-corrected chi connectivity index (χ3v) is 4.71. The number of carbonyl (C=O) groups is 2. The molecule has 1 saturated heterocycles. The first kappa shape index (κ1) is 23.9. The van der Waals surface area contributed by atoms with Gasteiger partial charge in [0.05, 0.1) is 5.71 Å². The van der Waals surface area contributed by atoms with E-state index in [4.69, 9.17) is 19.5 Å². The van der Waals surface area contributed by atoms with Gasteiger partial charge in [-0.15, -0.1) is 0 Å². The number of hydroxylamine groups is 1. The molecule has 0 spiro atoms. The number of piperidine rings is 1. The average molecular weight is 461 g/mol. The summed E-state index contributed by atoms with van der Waals surface area (Å²) in [6, 6.07) is 4.74. The van der Waals surface area contributed by atoms with Crippen LogP contribution in [0.5, 0.6) is 0 Å². The zero-order valence-corrected chi connectivity index (χ0v) is 18.0. The second kappa shape index (κ2) is 11.7. The van der Waals surface area contributed by atoms with E-state index in [0.29, 0.717) is 37.4 Å². The number of carboxylic acid groups (broad SMARTS) is 1. The summed E-state index contributed by atoms with van der Waals surface area (Å²) in [6.45, 7) is 2.76. The molecule has 1 aliphatic heterocycles. The molecule has 1 aromatic heterocycles. The SMILES string of the molecule is CC(=O)OCCON=C1CCN(c2ncc(-c3cccc(CONC(=O)O)c3F)cn2)CC1. The summed E-state index contributed by atoms with van der Waals surface area (Å²) in [5.41, 5.74) is 3.62. The molecular formula is C21H24FN5O6. The van der Waals surface area contributed by atoms with Crippen LogP contribution < -0.4 is 10.4 Å². The number of anilines is 1. The smallest absolute Gasteiger partial charge is 0.428 e. The van der Waals surface area contributed by atoms with Gasteiger partial charge >= 0.3 is 12.1 Å². The summed E-state index contributed by atoms with van der Waals surface area (Å²) in [5, 5.41) is 12.6. The molecule has 33 heavy (non-hydrogen) atoms. The zero-order chi connectivity index (χ0) is 23.6. The summed E-state index contributed by atoms with van der Waals surface area (Å²) in [6.07, 6.45) is 3.09. The second-order valence-electron chi connectivity index (χ2n) is 7.06. The van der Waals surface area contributed by atoms with E-state index >= 15 is 0 Å². The number of aromatic nitrogens is 2. The molecule has 2 N–H and O–H groups in total. The summed E-state index contributed by atoms with van der Waals surface area (Å²) < 4.78 is 19.6. The number of hydrogen-bond acceptors (Lipinski definition) is 9. The minimum absolute atomic E-state index is 0.161. The third-order valence-electron chi connectivity index (χ3n) is 4.71. The standard InChI is InChI=1S/C21H24FN5O6/c1-14(28)31-9-10-32-25-17-5-7-27(8-6-17)20-23-11-16(12-24-20)18-4-2-3-15(19(18)22)13-33-26-21(29)30/h2-4,11-12,26H,5-10,13H2,1H3,(H,29,30). The molecule has 0 radical (unpaired) electrons. The quantitative estimate of drug-likeness (QED) is 0.328. The van der Waals surface area contributed by atoms with E-state index in [-0.39, 0.29) is 36.9 Å². The lowest BCUT2D eigenvalue weighted by Crippen LogP contribution is -2.35. The Kier molecular flexibility index (Phi) is 8.47. The number of benzene rings is 1. The zero-order valence-electron chi connectivity index (χ0n) is 18.0. The van der Waals surface area contributed by atoms with Crippen molar-refractivity contribution in [1.82, 2.24) is 15.4 Å². The van der Waals surface area contributed by atoms with Crippen molar-refractivity contribution in [3.8, 4) is 11.1 Å². The number of hydrogen-bond donors (Lipinski definition) is 2. The van der Waals surface area contributed by atoms with Crippen molar-refractivity contribution in [2.24, 2.45) is 5.16 Å². The molecule has 2 aromatic rings. The van der Waals surface area contributed by atoms with Gasteiger partial charge in [-0.25, -0.2) is 19.2 Å². The Labute approximate surface area is 189 Å². The molecule has 0 atom stereocenters. The number of esters is 1. The number of ether oxygens (including phenoxy) is 1. The van der Waals surface area contributed by atoms with E-state index in [2.05, 4.69) is 15.1 Å². The lowest BCUT2D eigenvalue weighted by Gasteiger charge is -2.27. The molecule has 1 aliphatic rings. The Balaban J connectivity index is 1.55. The maximum absolute atomic E-state index is 14.8. The molecule has 11 nitrogen and oxygen atoms in total. The van der Waals surface area contributed by atoms with Gasteiger partial charge < -0.3 is 19.6 Å². The minimum Gasteiger partial charge on any atom is -0.464 e. The van der Waals surface area contributed by atoms with Crippen LogP contribution >= 0.6 is 0 Å². The van der Waals surface area contributed by atoms with Crippen LogP contribution in [-0.2, 0) is 25.8 Å². The Hall–Kier alpha value is -3.80. The van der Waals surface area contributed by atoms with Crippen molar-refractivity contribution in [2.45, 2.75) is 26.4 Å². The van der Waals surface area contributed by atoms with Gasteiger partial charge in [-0.05, 0) is 0 Å². The van der Waals surface area contributed by atoms with Gasteiger partial charge in [0.1, 0.15) is 19.0 Å². The van der Waals surface area contributed by atoms with Crippen LogP contribution in [0.25, 0.3) is 11.1 Å². The number of nitrogens with zero attached hydrogens (tertiary/aromatic N) is 4. The molecule has 0 unspecified atom stereocenters. The first-order valence-corrected chi connectivity index (χ1v) is 10.2. The van der Waals surface area contributed by atoms with Gasteiger partial charge in [-0.3, -0.25) is 9.63 Å². The van der Waals surface area contributed by atoms with Crippen LogP contribution in [-0.4, -0.2) is 59.2 Å². The Morgan fingerprint density at radius 3 is 2.61 bits per heavy atom. The molecule has 3 rings (SSSR count). The predicted octanol–water partition coefficient (Wildman–Crippen LogP) is 2.52. The van der Waals surface area contributed by atoms with Gasteiger partial charge in [0.25, 0.3) is 0 Å². The van der Waals surface area contributed by atoms with Gasteiger partial charge in [-0.2, -0.15) is 5.48 Å². The summed E-state index contributed by atoms with van der Waals surface area (Å²) >= 11 is 0. The molecule has 2 heterocycles. The number of oxime groups is 1. The fourth-order valence-electron chi connectivity index (χ4n) is 3.13. The van der Waals surface area contributed by atoms with E-state index in [9.17, 15) is 14.0 Å².